The van der Waals surface area contributed by atoms with Gasteiger partial charge in [0.25, 0.3) is 0 Å². The molecule has 1 heterocycles. The third-order valence-corrected chi connectivity index (χ3v) is 3.52. The SMILES string of the molecule is Cc1[nH]c2cc(S(N)(=O)=O)ccc2c1C. The summed E-state index contributed by atoms with van der Waals surface area (Å²) in [6.45, 7) is 3.94. The molecule has 1 aromatic heterocycles. The summed E-state index contributed by atoms with van der Waals surface area (Å²) in [7, 11) is -3.62. The van der Waals surface area contributed by atoms with Gasteiger partial charge in [-0.3, -0.25) is 0 Å². The second kappa shape index (κ2) is 3.08. The van der Waals surface area contributed by atoms with Crippen molar-refractivity contribution in [2.24, 2.45) is 5.14 Å². The zero-order chi connectivity index (χ0) is 11.2. The van der Waals surface area contributed by atoms with Crippen LogP contribution in [0.5, 0.6) is 0 Å². The van der Waals surface area contributed by atoms with E-state index in [4.69, 9.17) is 5.14 Å². The molecule has 0 unspecified atom stereocenters. The number of aromatic amines is 1. The highest BCUT2D eigenvalue weighted by Gasteiger charge is 2.10. The van der Waals surface area contributed by atoms with Crippen molar-refractivity contribution < 1.29 is 8.42 Å². The van der Waals surface area contributed by atoms with Crippen LogP contribution in [0.25, 0.3) is 10.9 Å². The summed E-state index contributed by atoms with van der Waals surface area (Å²) >= 11 is 0. The molecule has 0 saturated carbocycles. The summed E-state index contributed by atoms with van der Waals surface area (Å²) in [6, 6.07) is 4.86. The van der Waals surface area contributed by atoms with Crippen molar-refractivity contribution in [2.75, 3.05) is 0 Å². The van der Waals surface area contributed by atoms with Crippen molar-refractivity contribution in [3.63, 3.8) is 0 Å². The summed E-state index contributed by atoms with van der Waals surface area (Å²) in [5.74, 6) is 0. The first-order chi connectivity index (χ1) is 6.89. The first-order valence-electron chi connectivity index (χ1n) is 4.51. The molecule has 0 aliphatic heterocycles. The smallest absolute Gasteiger partial charge is 0.238 e. The van der Waals surface area contributed by atoms with E-state index in [1.807, 2.05) is 13.8 Å². The molecule has 4 nitrogen and oxygen atoms in total. The fraction of sp³-hybridized carbons (Fsp3) is 0.200. The molecule has 0 saturated heterocycles. The van der Waals surface area contributed by atoms with Crippen molar-refractivity contribution in [1.29, 1.82) is 0 Å². The van der Waals surface area contributed by atoms with Crippen LogP contribution in [0.4, 0.5) is 0 Å². The molecule has 0 radical (unpaired) electrons. The zero-order valence-electron chi connectivity index (χ0n) is 8.53. The van der Waals surface area contributed by atoms with Gasteiger partial charge < -0.3 is 4.98 Å². The van der Waals surface area contributed by atoms with E-state index >= 15 is 0 Å². The number of aryl methyl sites for hydroxylation is 2. The standard InChI is InChI=1S/C10H12N2O2S/c1-6-7(2)12-10-5-8(15(11,13)14)3-4-9(6)10/h3-5,12H,1-2H3,(H2,11,13,14). The molecule has 0 aliphatic rings. The fourth-order valence-corrected chi connectivity index (χ4v) is 2.17. The normalized spacial score (nSPS) is 12.2. The van der Waals surface area contributed by atoms with E-state index in [1.165, 1.54) is 6.07 Å². The van der Waals surface area contributed by atoms with Crippen molar-refractivity contribution in [2.45, 2.75) is 18.7 Å². The van der Waals surface area contributed by atoms with Gasteiger partial charge in [0.15, 0.2) is 0 Å². The van der Waals surface area contributed by atoms with Crippen molar-refractivity contribution in [1.82, 2.24) is 4.98 Å². The Bertz CT molecular complexity index is 626. The van der Waals surface area contributed by atoms with Crippen LogP contribution in [0.3, 0.4) is 0 Å². The van der Waals surface area contributed by atoms with Gasteiger partial charge in [0.1, 0.15) is 0 Å². The van der Waals surface area contributed by atoms with Crippen LogP contribution >= 0.6 is 0 Å². The van der Waals surface area contributed by atoms with Gasteiger partial charge >= 0.3 is 0 Å². The predicted molar refractivity (Wildman–Crippen MR) is 59.1 cm³/mol. The number of sulfonamides is 1. The first-order valence-corrected chi connectivity index (χ1v) is 6.06. The summed E-state index contributed by atoms with van der Waals surface area (Å²) < 4.78 is 22.3. The van der Waals surface area contributed by atoms with Gasteiger partial charge in [0.05, 0.1) is 4.90 Å². The van der Waals surface area contributed by atoms with Crippen LogP contribution in [0.15, 0.2) is 23.1 Å². The van der Waals surface area contributed by atoms with Crippen molar-refractivity contribution in [3.8, 4) is 0 Å². The molecule has 2 aromatic rings. The van der Waals surface area contributed by atoms with E-state index in [0.29, 0.717) is 0 Å². The number of rotatable bonds is 1. The van der Waals surface area contributed by atoms with Crippen molar-refractivity contribution >= 4 is 20.9 Å². The second-order valence-corrected chi connectivity index (χ2v) is 5.19. The molecule has 0 fully saturated rings. The Morgan fingerprint density at radius 1 is 1.27 bits per heavy atom. The molecule has 1 aromatic carbocycles. The molecule has 5 heteroatoms. The Kier molecular flexibility index (Phi) is 2.09. The molecule has 0 bridgehead atoms. The monoisotopic (exact) mass is 224 g/mol. The fourth-order valence-electron chi connectivity index (χ4n) is 1.63. The highest BCUT2D eigenvalue weighted by atomic mass is 32.2. The summed E-state index contributed by atoms with van der Waals surface area (Å²) in [5, 5.41) is 6.08. The lowest BCUT2D eigenvalue weighted by atomic mass is 10.2. The summed E-state index contributed by atoms with van der Waals surface area (Å²) in [4.78, 5) is 3.25. The quantitative estimate of drug-likeness (QED) is 0.768. The van der Waals surface area contributed by atoms with Gasteiger partial charge in [0, 0.05) is 16.6 Å². The maximum atomic E-state index is 11.1. The average molecular weight is 224 g/mol. The second-order valence-electron chi connectivity index (χ2n) is 3.63. The topological polar surface area (TPSA) is 76.0 Å². The van der Waals surface area contributed by atoms with Crippen LogP contribution < -0.4 is 5.14 Å². The van der Waals surface area contributed by atoms with E-state index in [0.717, 1.165) is 22.2 Å². The van der Waals surface area contributed by atoms with E-state index in [-0.39, 0.29) is 4.90 Å². The van der Waals surface area contributed by atoms with Crippen LogP contribution in [-0.2, 0) is 10.0 Å². The molecule has 15 heavy (non-hydrogen) atoms. The lowest BCUT2D eigenvalue weighted by Crippen LogP contribution is -2.11. The van der Waals surface area contributed by atoms with Gasteiger partial charge in [-0.25, -0.2) is 13.6 Å². The Morgan fingerprint density at radius 2 is 1.93 bits per heavy atom. The number of benzene rings is 1. The number of H-pyrrole nitrogens is 1. The number of primary sulfonamides is 1. The number of nitrogens with one attached hydrogen (secondary N) is 1. The molecule has 0 amide bonds. The molecule has 2 rings (SSSR count). The van der Waals surface area contributed by atoms with E-state index < -0.39 is 10.0 Å². The minimum absolute atomic E-state index is 0.135. The Hall–Kier alpha value is -1.33. The Labute approximate surface area is 88.2 Å². The highest BCUT2D eigenvalue weighted by Crippen LogP contribution is 2.23. The largest absolute Gasteiger partial charge is 0.358 e. The molecule has 0 aliphatic carbocycles. The van der Waals surface area contributed by atoms with Crippen molar-refractivity contribution in [3.05, 3.63) is 29.5 Å². The average Bonchev–Trinajstić information content (AvgIpc) is 2.41. The van der Waals surface area contributed by atoms with Crippen LogP contribution in [-0.4, -0.2) is 13.4 Å². The highest BCUT2D eigenvalue weighted by molar-refractivity contribution is 7.89. The van der Waals surface area contributed by atoms with Crippen LogP contribution in [0, 0.1) is 13.8 Å². The van der Waals surface area contributed by atoms with Crippen LogP contribution in [0.1, 0.15) is 11.3 Å². The van der Waals surface area contributed by atoms with Crippen LogP contribution in [0.2, 0.25) is 0 Å². The molecule has 0 spiro atoms. The minimum atomic E-state index is -3.62. The van der Waals surface area contributed by atoms with Gasteiger partial charge in [-0.15, -0.1) is 0 Å². The van der Waals surface area contributed by atoms with E-state index in [2.05, 4.69) is 4.98 Å². The molecule has 0 atom stereocenters. The third-order valence-electron chi connectivity index (χ3n) is 2.61. The predicted octanol–water partition coefficient (Wildman–Crippen LogP) is 1.43. The number of hydrogen-bond donors (Lipinski definition) is 2. The third kappa shape index (κ3) is 1.64. The number of hydrogen-bond acceptors (Lipinski definition) is 2. The lowest BCUT2D eigenvalue weighted by Gasteiger charge is -1.97. The van der Waals surface area contributed by atoms with E-state index in [9.17, 15) is 8.42 Å². The first kappa shape index (κ1) is 10.2. The Morgan fingerprint density at radius 3 is 2.53 bits per heavy atom. The van der Waals surface area contributed by atoms with Gasteiger partial charge in [-0.2, -0.15) is 0 Å². The summed E-state index contributed by atoms with van der Waals surface area (Å²) in [6.07, 6.45) is 0. The van der Waals surface area contributed by atoms with E-state index in [1.54, 1.807) is 12.1 Å². The van der Waals surface area contributed by atoms with Gasteiger partial charge in [0.2, 0.25) is 10.0 Å². The number of fused-ring (bicyclic) bond motifs is 1. The van der Waals surface area contributed by atoms with Gasteiger partial charge in [-0.05, 0) is 31.5 Å². The Balaban J connectivity index is 2.78. The maximum absolute atomic E-state index is 11.1. The number of nitrogens with two attached hydrogens (primary N) is 1. The molecule has 80 valence electrons. The zero-order valence-corrected chi connectivity index (χ0v) is 9.35. The maximum Gasteiger partial charge on any atom is 0.238 e. The molecular weight excluding hydrogens is 212 g/mol. The minimum Gasteiger partial charge on any atom is -0.358 e. The molecular formula is C10H12N2O2S. The summed E-state index contributed by atoms with van der Waals surface area (Å²) in [5.41, 5.74) is 2.97. The number of aromatic nitrogens is 1. The van der Waals surface area contributed by atoms with Gasteiger partial charge in [-0.1, -0.05) is 6.07 Å². The lowest BCUT2D eigenvalue weighted by molar-refractivity contribution is 0.598. The molecule has 3 N–H and O–H groups in total.